The molecule has 144 valence electrons. The van der Waals surface area contributed by atoms with Crippen LogP contribution in [0.3, 0.4) is 0 Å². The fourth-order valence-electron chi connectivity index (χ4n) is 2.92. The Labute approximate surface area is 168 Å². The lowest BCUT2D eigenvalue weighted by Crippen LogP contribution is -2.37. The largest absolute Gasteiger partial charge is 0.349 e. The van der Waals surface area contributed by atoms with Crippen LogP contribution in [-0.2, 0) is 4.79 Å². The van der Waals surface area contributed by atoms with Gasteiger partial charge < -0.3 is 10.6 Å². The molecule has 3 rings (SSSR count). The van der Waals surface area contributed by atoms with E-state index in [9.17, 15) is 9.59 Å². The van der Waals surface area contributed by atoms with Crippen LogP contribution in [0.4, 0.5) is 0 Å². The number of carbonyl (C=O) groups excluding carboxylic acids is 2. The van der Waals surface area contributed by atoms with E-state index >= 15 is 0 Å². The van der Waals surface area contributed by atoms with Crippen molar-refractivity contribution in [1.29, 1.82) is 0 Å². The summed E-state index contributed by atoms with van der Waals surface area (Å²) < 4.78 is 4.31. The number of fused-ring (bicyclic) bond motifs is 1. The van der Waals surface area contributed by atoms with Crippen LogP contribution in [0.5, 0.6) is 0 Å². The van der Waals surface area contributed by atoms with Crippen molar-refractivity contribution < 1.29 is 9.59 Å². The highest BCUT2D eigenvalue weighted by Crippen LogP contribution is 2.22. The van der Waals surface area contributed by atoms with Crippen molar-refractivity contribution in [1.82, 2.24) is 15.0 Å². The summed E-state index contributed by atoms with van der Waals surface area (Å²) in [5.41, 5.74) is 2.95. The van der Waals surface area contributed by atoms with Crippen LogP contribution in [0.2, 0.25) is 0 Å². The summed E-state index contributed by atoms with van der Waals surface area (Å²) in [6.45, 7) is 8.04. The van der Waals surface area contributed by atoms with Crippen molar-refractivity contribution >= 4 is 34.2 Å². The van der Waals surface area contributed by atoms with Crippen molar-refractivity contribution in [3.63, 3.8) is 0 Å². The van der Waals surface area contributed by atoms with E-state index in [2.05, 4.69) is 35.4 Å². The molecule has 0 fully saturated rings. The van der Waals surface area contributed by atoms with Crippen molar-refractivity contribution in [3.8, 4) is 0 Å². The molecular weight excluding hydrogens is 370 g/mol. The van der Waals surface area contributed by atoms with Crippen molar-refractivity contribution in [2.45, 2.75) is 25.8 Å². The average molecular weight is 394 g/mol. The first-order chi connectivity index (χ1) is 13.5. The third-order valence-corrected chi connectivity index (χ3v) is 5.44. The van der Waals surface area contributed by atoms with E-state index in [1.54, 1.807) is 0 Å². The van der Waals surface area contributed by atoms with Gasteiger partial charge in [0.25, 0.3) is 5.91 Å². The van der Waals surface area contributed by atoms with E-state index < -0.39 is 0 Å². The first-order valence-electron chi connectivity index (χ1n) is 9.15. The van der Waals surface area contributed by atoms with Gasteiger partial charge in [0.1, 0.15) is 4.88 Å². The minimum Gasteiger partial charge on any atom is -0.349 e. The lowest BCUT2D eigenvalue weighted by Gasteiger charge is -2.20. The van der Waals surface area contributed by atoms with E-state index in [0.717, 1.165) is 16.5 Å². The van der Waals surface area contributed by atoms with E-state index in [1.807, 2.05) is 48.5 Å². The monoisotopic (exact) mass is 393 g/mol. The first kappa shape index (κ1) is 19.8. The lowest BCUT2D eigenvalue weighted by atomic mass is 9.99. The maximum Gasteiger partial charge on any atom is 0.263 e. The highest BCUT2D eigenvalue weighted by atomic mass is 32.1. The minimum absolute atomic E-state index is 0.199. The quantitative estimate of drug-likeness (QED) is 0.591. The number of amides is 2. The molecule has 1 atom stereocenters. The summed E-state index contributed by atoms with van der Waals surface area (Å²) in [6.07, 6.45) is 1.23. The van der Waals surface area contributed by atoms with E-state index in [0.29, 0.717) is 10.8 Å². The third kappa shape index (κ3) is 4.46. The number of carbonyl (C=O) groups is 2. The van der Waals surface area contributed by atoms with Gasteiger partial charge in [0, 0.05) is 11.9 Å². The summed E-state index contributed by atoms with van der Waals surface area (Å²) in [5.74, 6) is -0.0552. The number of hydrogen-bond acceptors (Lipinski definition) is 4. The Balaban J connectivity index is 1.76. The molecule has 3 aromatic rings. The smallest absolute Gasteiger partial charge is 0.263 e. The molecule has 0 radical (unpaired) electrons. The van der Waals surface area contributed by atoms with Crippen LogP contribution in [0, 0.1) is 0 Å². The van der Waals surface area contributed by atoms with Crippen molar-refractivity contribution in [3.05, 3.63) is 77.2 Å². The first-order valence-corrected chi connectivity index (χ1v) is 9.92. The SMILES string of the molecule is C=CC(=O)NC(CNC(=O)c1snc2ccccc12)c1ccc(C(C)C)cc1. The number of aromatic nitrogens is 1. The zero-order chi connectivity index (χ0) is 20.1. The Morgan fingerprint density at radius 1 is 1.11 bits per heavy atom. The molecule has 1 unspecified atom stereocenters. The molecule has 0 aliphatic carbocycles. The molecule has 0 saturated carbocycles. The molecule has 0 spiro atoms. The molecule has 5 nitrogen and oxygen atoms in total. The molecule has 2 amide bonds. The van der Waals surface area contributed by atoms with Gasteiger partial charge in [-0.15, -0.1) is 0 Å². The number of nitrogens with zero attached hydrogens (tertiary/aromatic N) is 1. The van der Waals surface area contributed by atoms with E-state index in [1.165, 1.54) is 23.2 Å². The summed E-state index contributed by atoms with van der Waals surface area (Å²) in [5, 5.41) is 6.64. The maximum absolute atomic E-state index is 12.7. The molecule has 6 heteroatoms. The van der Waals surface area contributed by atoms with Gasteiger partial charge >= 0.3 is 0 Å². The molecule has 0 aliphatic heterocycles. The van der Waals surface area contributed by atoms with Crippen molar-refractivity contribution in [2.24, 2.45) is 0 Å². The normalized spacial score (nSPS) is 12.0. The van der Waals surface area contributed by atoms with Crippen LogP contribution in [0.1, 0.15) is 46.6 Å². The van der Waals surface area contributed by atoms with Crippen LogP contribution in [-0.4, -0.2) is 22.7 Å². The number of rotatable bonds is 7. The topological polar surface area (TPSA) is 71.1 Å². The fourth-order valence-corrected chi connectivity index (χ4v) is 3.70. The van der Waals surface area contributed by atoms with Gasteiger partial charge in [-0.1, -0.05) is 62.9 Å². The van der Waals surface area contributed by atoms with Crippen LogP contribution >= 0.6 is 11.5 Å². The second kappa shape index (κ2) is 8.80. The Morgan fingerprint density at radius 3 is 2.46 bits per heavy atom. The van der Waals surface area contributed by atoms with Gasteiger partial charge in [0.2, 0.25) is 5.91 Å². The fraction of sp³-hybridized carbons (Fsp3) is 0.227. The Bertz CT molecular complexity index is 992. The summed E-state index contributed by atoms with van der Waals surface area (Å²) >= 11 is 1.18. The van der Waals surface area contributed by atoms with E-state index in [-0.39, 0.29) is 24.4 Å². The zero-order valence-corrected chi connectivity index (χ0v) is 16.8. The summed E-state index contributed by atoms with van der Waals surface area (Å²) in [4.78, 5) is 25.1. The van der Waals surface area contributed by atoms with Crippen LogP contribution in [0.25, 0.3) is 10.9 Å². The van der Waals surface area contributed by atoms with Crippen LogP contribution in [0.15, 0.2) is 61.2 Å². The second-order valence-electron chi connectivity index (χ2n) is 6.83. The number of hydrogen-bond donors (Lipinski definition) is 2. The molecule has 0 bridgehead atoms. The van der Waals surface area contributed by atoms with E-state index in [4.69, 9.17) is 0 Å². The highest BCUT2D eigenvalue weighted by molar-refractivity contribution is 7.09. The van der Waals surface area contributed by atoms with Crippen molar-refractivity contribution in [2.75, 3.05) is 6.54 Å². The maximum atomic E-state index is 12.7. The standard InChI is InChI=1S/C22H23N3O2S/c1-4-20(26)24-19(16-11-9-15(10-12-16)14(2)3)13-23-22(27)21-17-7-5-6-8-18(17)25-28-21/h4-12,14,19H,1,13H2,2-3H3,(H,23,27)(H,24,26). The predicted octanol–water partition coefficient (Wildman–Crippen LogP) is 4.19. The van der Waals surface area contributed by atoms with Gasteiger partial charge in [-0.05, 0) is 40.7 Å². The number of nitrogens with one attached hydrogen (secondary N) is 2. The average Bonchev–Trinajstić information content (AvgIpc) is 3.15. The molecular formula is C22H23N3O2S. The molecule has 0 saturated heterocycles. The molecule has 2 N–H and O–H groups in total. The van der Waals surface area contributed by atoms with Crippen LogP contribution < -0.4 is 10.6 Å². The molecule has 1 heterocycles. The zero-order valence-electron chi connectivity index (χ0n) is 15.9. The summed E-state index contributed by atoms with van der Waals surface area (Å²) in [7, 11) is 0. The minimum atomic E-state index is -0.352. The van der Waals surface area contributed by atoms with Gasteiger partial charge in [-0.2, -0.15) is 4.37 Å². The second-order valence-corrected chi connectivity index (χ2v) is 7.60. The number of benzene rings is 2. The molecule has 28 heavy (non-hydrogen) atoms. The lowest BCUT2D eigenvalue weighted by molar-refractivity contribution is -0.117. The van der Waals surface area contributed by atoms with Gasteiger partial charge in [0.05, 0.1) is 11.6 Å². The predicted molar refractivity (Wildman–Crippen MR) is 114 cm³/mol. The molecule has 1 aromatic heterocycles. The summed E-state index contributed by atoms with van der Waals surface area (Å²) in [6, 6.07) is 15.3. The Morgan fingerprint density at radius 2 is 1.79 bits per heavy atom. The Kier molecular flexibility index (Phi) is 6.21. The van der Waals surface area contributed by atoms with Gasteiger partial charge in [-0.25, -0.2) is 0 Å². The molecule has 2 aromatic carbocycles. The van der Waals surface area contributed by atoms with Gasteiger partial charge in [-0.3, -0.25) is 9.59 Å². The Hall–Kier alpha value is -2.99. The third-order valence-electron chi connectivity index (χ3n) is 4.56. The van der Waals surface area contributed by atoms with Gasteiger partial charge in [0.15, 0.2) is 0 Å². The highest BCUT2D eigenvalue weighted by Gasteiger charge is 2.18. The molecule has 0 aliphatic rings.